The molecule has 0 bridgehead atoms. The quantitative estimate of drug-likeness (QED) is 0.710. The van der Waals surface area contributed by atoms with Crippen LogP contribution in [0.4, 0.5) is 0 Å². The monoisotopic (exact) mass is 370 g/mol. The van der Waals surface area contributed by atoms with Gasteiger partial charge in [-0.15, -0.1) is 12.4 Å². The summed E-state index contributed by atoms with van der Waals surface area (Å²) in [6.07, 6.45) is 0.764. The Morgan fingerprint density at radius 1 is 1.41 bits per heavy atom. The molecule has 1 atom stereocenters. The van der Waals surface area contributed by atoms with Crippen molar-refractivity contribution in [1.29, 1.82) is 0 Å². The Hall–Kier alpha value is -0.570. The molecule has 9 heteroatoms. The summed E-state index contributed by atoms with van der Waals surface area (Å²) in [4.78, 5) is 0.0537. The van der Waals surface area contributed by atoms with Gasteiger partial charge in [-0.2, -0.15) is 0 Å². The van der Waals surface area contributed by atoms with Gasteiger partial charge in [0.2, 0.25) is 10.0 Å². The van der Waals surface area contributed by atoms with Gasteiger partial charge in [-0.05, 0) is 31.2 Å². The van der Waals surface area contributed by atoms with Crippen LogP contribution in [0.3, 0.4) is 0 Å². The summed E-state index contributed by atoms with van der Waals surface area (Å²) >= 11 is 5.92. The van der Waals surface area contributed by atoms with Gasteiger partial charge < -0.3 is 14.8 Å². The van der Waals surface area contributed by atoms with Crippen molar-refractivity contribution in [2.75, 3.05) is 33.4 Å². The first kappa shape index (κ1) is 19.5. The van der Waals surface area contributed by atoms with Crippen molar-refractivity contribution in [2.24, 2.45) is 0 Å². The van der Waals surface area contributed by atoms with E-state index in [9.17, 15) is 8.42 Å². The van der Waals surface area contributed by atoms with Crippen LogP contribution in [-0.4, -0.2) is 47.9 Å². The van der Waals surface area contributed by atoms with Gasteiger partial charge in [0.05, 0.1) is 6.61 Å². The van der Waals surface area contributed by atoms with Crippen molar-refractivity contribution in [2.45, 2.75) is 17.4 Å². The molecule has 0 aliphatic carbocycles. The van der Waals surface area contributed by atoms with E-state index in [1.54, 1.807) is 19.2 Å². The summed E-state index contributed by atoms with van der Waals surface area (Å²) in [5, 5.41) is 3.46. The number of ether oxygens (including phenoxy) is 2. The largest absolute Gasteiger partial charge is 0.490 e. The third-order valence-corrected chi connectivity index (χ3v) is 4.90. The summed E-state index contributed by atoms with van der Waals surface area (Å²) in [5.74, 6) is 0.273. The highest BCUT2D eigenvalue weighted by molar-refractivity contribution is 7.89. The first-order chi connectivity index (χ1) is 10.0. The summed E-state index contributed by atoms with van der Waals surface area (Å²) in [6, 6.07) is 4.44. The van der Waals surface area contributed by atoms with Crippen LogP contribution in [0.15, 0.2) is 23.1 Å². The zero-order valence-electron chi connectivity index (χ0n) is 12.2. The standard InChI is InChI=1S/C13H19ClN2O4S.ClH/c1-19-6-7-20-12-3-2-10(14)8-13(12)21(17,18)16-11-4-5-15-9-11;/h2-3,8,11,15-16H,4-7,9H2,1H3;1H. The van der Waals surface area contributed by atoms with Gasteiger partial charge in [0, 0.05) is 24.7 Å². The number of nitrogens with one attached hydrogen (secondary N) is 2. The number of halogens is 2. The molecule has 0 spiro atoms. The average molecular weight is 371 g/mol. The maximum atomic E-state index is 12.5. The average Bonchev–Trinajstić information content (AvgIpc) is 2.92. The first-order valence-corrected chi connectivity index (χ1v) is 8.53. The Labute approximate surface area is 142 Å². The summed E-state index contributed by atoms with van der Waals surface area (Å²) < 4.78 is 38.0. The molecule has 22 heavy (non-hydrogen) atoms. The molecule has 1 aliphatic rings. The molecule has 1 saturated heterocycles. The van der Waals surface area contributed by atoms with E-state index in [2.05, 4.69) is 10.0 Å². The van der Waals surface area contributed by atoms with E-state index < -0.39 is 10.0 Å². The fourth-order valence-electron chi connectivity index (χ4n) is 2.08. The molecule has 1 aromatic rings. The van der Waals surface area contributed by atoms with Crippen LogP contribution < -0.4 is 14.8 Å². The van der Waals surface area contributed by atoms with Crippen molar-refractivity contribution in [3.05, 3.63) is 23.2 Å². The molecule has 1 unspecified atom stereocenters. The summed E-state index contributed by atoms with van der Waals surface area (Å²) in [7, 11) is -2.12. The lowest BCUT2D eigenvalue weighted by atomic mass is 10.3. The Bertz CT molecular complexity index is 577. The van der Waals surface area contributed by atoms with Crippen molar-refractivity contribution < 1.29 is 17.9 Å². The van der Waals surface area contributed by atoms with Crippen LogP contribution in [0.25, 0.3) is 0 Å². The van der Waals surface area contributed by atoms with Crippen LogP contribution in [0.1, 0.15) is 6.42 Å². The molecule has 0 saturated carbocycles. The van der Waals surface area contributed by atoms with Gasteiger partial charge in [-0.3, -0.25) is 0 Å². The third-order valence-electron chi connectivity index (χ3n) is 3.12. The normalized spacial score (nSPS) is 18.0. The lowest BCUT2D eigenvalue weighted by Gasteiger charge is -2.15. The van der Waals surface area contributed by atoms with E-state index in [0.717, 1.165) is 13.0 Å². The fraction of sp³-hybridized carbons (Fsp3) is 0.538. The van der Waals surface area contributed by atoms with Gasteiger partial charge in [-0.1, -0.05) is 11.6 Å². The van der Waals surface area contributed by atoms with Crippen LogP contribution in [0.5, 0.6) is 5.75 Å². The zero-order chi connectivity index (χ0) is 15.3. The smallest absolute Gasteiger partial charge is 0.244 e. The fourth-order valence-corrected chi connectivity index (χ4v) is 3.76. The van der Waals surface area contributed by atoms with Gasteiger partial charge >= 0.3 is 0 Å². The molecule has 0 aromatic heterocycles. The number of hydrogen-bond acceptors (Lipinski definition) is 5. The van der Waals surface area contributed by atoms with Crippen LogP contribution in [0.2, 0.25) is 5.02 Å². The SMILES string of the molecule is COCCOc1ccc(Cl)cc1S(=O)(=O)NC1CCNC1.Cl. The molecule has 1 fully saturated rings. The Balaban J connectivity index is 0.00000242. The highest BCUT2D eigenvalue weighted by Crippen LogP contribution is 2.27. The van der Waals surface area contributed by atoms with E-state index in [-0.39, 0.29) is 35.7 Å². The van der Waals surface area contributed by atoms with Gasteiger partial charge in [0.25, 0.3) is 0 Å². The third kappa shape index (κ3) is 5.26. The molecule has 2 N–H and O–H groups in total. The second kappa shape index (κ2) is 8.90. The summed E-state index contributed by atoms with van der Waals surface area (Å²) in [6.45, 7) is 2.08. The van der Waals surface area contributed by atoms with Crippen molar-refractivity contribution >= 4 is 34.0 Å². The minimum atomic E-state index is -3.67. The van der Waals surface area contributed by atoms with Crippen LogP contribution >= 0.6 is 24.0 Å². The van der Waals surface area contributed by atoms with Crippen molar-refractivity contribution in [3.63, 3.8) is 0 Å². The number of hydrogen-bond donors (Lipinski definition) is 2. The van der Waals surface area contributed by atoms with Gasteiger partial charge in [0.1, 0.15) is 17.3 Å². The Kier molecular flexibility index (Phi) is 7.88. The second-order valence-corrected chi connectivity index (χ2v) is 6.86. The Morgan fingerprint density at radius 2 is 2.18 bits per heavy atom. The lowest BCUT2D eigenvalue weighted by molar-refractivity contribution is 0.144. The highest BCUT2D eigenvalue weighted by atomic mass is 35.5. The maximum absolute atomic E-state index is 12.5. The van der Waals surface area contributed by atoms with E-state index in [1.165, 1.54) is 6.07 Å². The van der Waals surface area contributed by atoms with E-state index in [0.29, 0.717) is 18.2 Å². The van der Waals surface area contributed by atoms with Crippen LogP contribution in [-0.2, 0) is 14.8 Å². The van der Waals surface area contributed by atoms with E-state index in [1.807, 2.05) is 0 Å². The van der Waals surface area contributed by atoms with Crippen molar-refractivity contribution in [1.82, 2.24) is 10.0 Å². The molecular weight excluding hydrogens is 351 g/mol. The molecule has 1 aromatic carbocycles. The molecular formula is C13H20Cl2N2O4S. The number of sulfonamides is 1. The predicted octanol–water partition coefficient (Wildman–Crippen LogP) is 1.43. The zero-order valence-corrected chi connectivity index (χ0v) is 14.6. The highest BCUT2D eigenvalue weighted by Gasteiger charge is 2.25. The van der Waals surface area contributed by atoms with Crippen molar-refractivity contribution in [3.8, 4) is 5.75 Å². The maximum Gasteiger partial charge on any atom is 0.244 e. The first-order valence-electron chi connectivity index (χ1n) is 6.67. The van der Waals surface area contributed by atoms with Crippen LogP contribution in [0, 0.1) is 0 Å². The molecule has 0 radical (unpaired) electrons. The molecule has 1 heterocycles. The second-order valence-electron chi connectivity index (χ2n) is 4.74. The minimum Gasteiger partial charge on any atom is -0.490 e. The number of methoxy groups -OCH3 is 1. The van der Waals surface area contributed by atoms with Gasteiger partial charge in [-0.25, -0.2) is 13.1 Å². The Morgan fingerprint density at radius 3 is 2.82 bits per heavy atom. The summed E-state index contributed by atoms with van der Waals surface area (Å²) in [5.41, 5.74) is 0. The molecule has 126 valence electrons. The predicted molar refractivity (Wildman–Crippen MR) is 87.7 cm³/mol. The van der Waals surface area contributed by atoms with E-state index in [4.69, 9.17) is 21.1 Å². The topological polar surface area (TPSA) is 76.7 Å². The molecule has 2 rings (SSSR count). The number of rotatable bonds is 7. The minimum absolute atomic E-state index is 0. The van der Waals surface area contributed by atoms with Gasteiger partial charge in [0.15, 0.2) is 0 Å². The van der Waals surface area contributed by atoms with E-state index >= 15 is 0 Å². The lowest BCUT2D eigenvalue weighted by Crippen LogP contribution is -2.36. The molecule has 6 nitrogen and oxygen atoms in total. The molecule has 1 aliphatic heterocycles. The molecule has 0 amide bonds. The number of benzene rings is 1.